The zero-order chi connectivity index (χ0) is 23.4. The van der Waals surface area contributed by atoms with E-state index in [1.54, 1.807) is 0 Å². The highest BCUT2D eigenvalue weighted by Crippen LogP contribution is 2.07. The van der Waals surface area contributed by atoms with Gasteiger partial charge in [-0.2, -0.15) is 0 Å². The number of nitrogens with one attached hydrogen (secondary N) is 3. The van der Waals surface area contributed by atoms with E-state index in [2.05, 4.69) is 20.9 Å². The second-order valence-corrected chi connectivity index (χ2v) is 7.56. The molecule has 0 heterocycles. The number of aliphatic imine (C=N–C) groups is 1. The van der Waals surface area contributed by atoms with E-state index in [4.69, 9.17) is 22.3 Å². The van der Waals surface area contributed by atoms with E-state index in [1.165, 1.54) is 13.8 Å². The molecule has 0 aromatic heterocycles. The first-order valence-electron chi connectivity index (χ1n) is 9.80. The number of rotatable bonds is 13. The second-order valence-electron chi connectivity index (χ2n) is 7.56. The highest BCUT2D eigenvalue weighted by Gasteiger charge is 2.29. The first-order chi connectivity index (χ1) is 13.8. The Morgan fingerprint density at radius 2 is 1.43 bits per heavy atom. The van der Waals surface area contributed by atoms with Gasteiger partial charge in [0, 0.05) is 6.54 Å². The summed E-state index contributed by atoms with van der Waals surface area (Å²) < 4.78 is 0. The zero-order valence-electron chi connectivity index (χ0n) is 18.0. The van der Waals surface area contributed by atoms with Gasteiger partial charge in [0.2, 0.25) is 17.7 Å². The number of carbonyl (C=O) groups excluding carboxylic acids is 3. The van der Waals surface area contributed by atoms with E-state index in [1.807, 2.05) is 13.8 Å². The maximum atomic E-state index is 12.8. The lowest BCUT2D eigenvalue weighted by Gasteiger charge is -2.25. The van der Waals surface area contributed by atoms with Crippen LogP contribution in [0.5, 0.6) is 0 Å². The number of hydrogen-bond donors (Lipinski definition) is 7. The molecule has 0 aliphatic heterocycles. The molecule has 12 nitrogen and oxygen atoms in total. The van der Waals surface area contributed by atoms with Crippen LogP contribution < -0.4 is 33.2 Å². The maximum Gasteiger partial charge on any atom is 0.325 e. The summed E-state index contributed by atoms with van der Waals surface area (Å²) in [4.78, 5) is 52.1. The molecule has 0 aromatic carbocycles. The highest BCUT2D eigenvalue weighted by atomic mass is 16.4. The van der Waals surface area contributed by atoms with Crippen molar-refractivity contribution in [2.75, 3.05) is 6.54 Å². The Kier molecular flexibility index (Phi) is 12.1. The summed E-state index contributed by atoms with van der Waals surface area (Å²) in [7, 11) is 0. The van der Waals surface area contributed by atoms with Crippen LogP contribution >= 0.6 is 0 Å². The van der Waals surface area contributed by atoms with E-state index in [-0.39, 0.29) is 24.8 Å². The van der Waals surface area contributed by atoms with Crippen molar-refractivity contribution in [1.82, 2.24) is 16.0 Å². The summed E-state index contributed by atoms with van der Waals surface area (Å²) in [5.74, 6) is -2.96. The molecule has 12 heteroatoms. The second kappa shape index (κ2) is 13.4. The molecule has 0 fully saturated rings. The van der Waals surface area contributed by atoms with Gasteiger partial charge in [0.1, 0.15) is 18.1 Å². The fraction of sp³-hybridized carbons (Fsp3) is 0.722. The first kappa shape index (κ1) is 27.1. The van der Waals surface area contributed by atoms with Gasteiger partial charge in [-0.1, -0.05) is 13.8 Å². The molecule has 0 saturated heterocycles. The number of nitrogens with two attached hydrogens (primary N) is 3. The fourth-order valence-electron chi connectivity index (χ4n) is 2.43. The molecule has 0 bridgehead atoms. The number of amides is 3. The minimum Gasteiger partial charge on any atom is -0.480 e. The summed E-state index contributed by atoms with van der Waals surface area (Å²) in [6.07, 6.45) is 0.854. The predicted octanol–water partition coefficient (Wildman–Crippen LogP) is -2.01. The summed E-state index contributed by atoms with van der Waals surface area (Å²) in [6.45, 7) is 6.79. The molecule has 0 rings (SSSR count). The van der Waals surface area contributed by atoms with Crippen molar-refractivity contribution in [3.05, 3.63) is 0 Å². The minimum atomic E-state index is -1.21. The molecule has 10 N–H and O–H groups in total. The molecule has 0 aromatic rings. The van der Waals surface area contributed by atoms with Crippen molar-refractivity contribution in [2.45, 2.75) is 71.1 Å². The van der Waals surface area contributed by atoms with Gasteiger partial charge >= 0.3 is 5.97 Å². The third kappa shape index (κ3) is 11.2. The van der Waals surface area contributed by atoms with Crippen molar-refractivity contribution in [2.24, 2.45) is 28.1 Å². The molecule has 4 atom stereocenters. The lowest BCUT2D eigenvalue weighted by molar-refractivity contribution is -0.141. The Labute approximate surface area is 176 Å². The molecule has 4 unspecified atom stereocenters. The van der Waals surface area contributed by atoms with Gasteiger partial charge in [0.25, 0.3) is 0 Å². The van der Waals surface area contributed by atoms with Crippen LogP contribution in [0.15, 0.2) is 4.99 Å². The molecule has 0 saturated carbocycles. The number of carboxylic acids is 1. The molecular weight excluding hydrogens is 394 g/mol. The van der Waals surface area contributed by atoms with Crippen molar-refractivity contribution >= 4 is 29.7 Å². The number of nitrogens with zero attached hydrogens (tertiary/aromatic N) is 1. The van der Waals surface area contributed by atoms with Crippen LogP contribution in [0.1, 0.15) is 47.0 Å². The van der Waals surface area contributed by atoms with Gasteiger partial charge < -0.3 is 38.3 Å². The maximum absolute atomic E-state index is 12.8. The Morgan fingerprint density at radius 1 is 0.900 bits per heavy atom. The van der Waals surface area contributed by atoms with Gasteiger partial charge in [0.15, 0.2) is 5.96 Å². The number of carboxylic acid groups (broad SMARTS) is 1. The quantitative estimate of drug-likeness (QED) is 0.0983. The van der Waals surface area contributed by atoms with Crippen molar-refractivity contribution in [3.63, 3.8) is 0 Å². The van der Waals surface area contributed by atoms with Gasteiger partial charge in [-0.3, -0.25) is 24.2 Å². The van der Waals surface area contributed by atoms with E-state index in [9.17, 15) is 19.2 Å². The summed E-state index contributed by atoms with van der Waals surface area (Å²) in [5, 5.41) is 16.5. The Morgan fingerprint density at radius 3 is 1.90 bits per heavy atom. The molecule has 172 valence electrons. The summed E-state index contributed by atoms with van der Waals surface area (Å²) in [6, 6.07) is -3.87. The lowest BCUT2D eigenvalue weighted by Crippen LogP contribution is -2.56. The Bertz CT molecular complexity index is 632. The molecule has 0 spiro atoms. The van der Waals surface area contributed by atoms with Crippen molar-refractivity contribution in [3.8, 4) is 0 Å². The van der Waals surface area contributed by atoms with Crippen LogP contribution in [0, 0.1) is 5.92 Å². The van der Waals surface area contributed by atoms with Crippen LogP contribution in [0.2, 0.25) is 0 Å². The number of aliphatic carboxylic acids is 1. The minimum absolute atomic E-state index is 0.0790. The van der Waals surface area contributed by atoms with Crippen LogP contribution in [0.25, 0.3) is 0 Å². The molecule has 30 heavy (non-hydrogen) atoms. The number of hydrogen-bond acceptors (Lipinski definition) is 6. The van der Waals surface area contributed by atoms with Crippen molar-refractivity contribution in [1.29, 1.82) is 0 Å². The van der Waals surface area contributed by atoms with Gasteiger partial charge in [-0.05, 0) is 39.0 Å². The molecule has 0 aliphatic rings. The number of carbonyl (C=O) groups is 4. The third-order valence-electron chi connectivity index (χ3n) is 4.06. The van der Waals surface area contributed by atoms with Gasteiger partial charge in [-0.25, -0.2) is 0 Å². The highest BCUT2D eigenvalue weighted by molar-refractivity contribution is 5.93. The largest absolute Gasteiger partial charge is 0.480 e. The van der Waals surface area contributed by atoms with Crippen LogP contribution in [-0.4, -0.2) is 65.5 Å². The van der Waals surface area contributed by atoms with Gasteiger partial charge in [0.05, 0.1) is 6.04 Å². The Balaban J connectivity index is 5.33. The smallest absolute Gasteiger partial charge is 0.325 e. The summed E-state index contributed by atoms with van der Waals surface area (Å²) >= 11 is 0. The molecular formula is C18H35N7O5. The zero-order valence-corrected chi connectivity index (χ0v) is 18.0. The topological polar surface area (TPSA) is 215 Å². The van der Waals surface area contributed by atoms with Gasteiger partial charge in [-0.15, -0.1) is 0 Å². The van der Waals surface area contributed by atoms with Crippen LogP contribution in [-0.2, 0) is 19.2 Å². The predicted molar refractivity (Wildman–Crippen MR) is 112 cm³/mol. The summed E-state index contributed by atoms with van der Waals surface area (Å²) in [5.41, 5.74) is 16.1. The monoisotopic (exact) mass is 429 g/mol. The average Bonchev–Trinajstić information content (AvgIpc) is 2.62. The normalized spacial score (nSPS) is 14.7. The fourth-order valence-corrected chi connectivity index (χ4v) is 2.43. The van der Waals surface area contributed by atoms with E-state index in [0.29, 0.717) is 12.8 Å². The van der Waals surface area contributed by atoms with E-state index < -0.39 is 47.9 Å². The van der Waals surface area contributed by atoms with Crippen LogP contribution in [0.4, 0.5) is 0 Å². The third-order valence-corrected chi connectivity index (χ3v) is 4.06. The SMILES string of the molecule is CC(C)CC(NC(=O)C(C)N)C(=O)NC(CCCN=C(N)N)C(=O)NC(C)C(=O)O. The van der Waals surface area contributed by atoms with E-state index >= 15 is 0 Å². The van der Waals surface area contributed by atoms with Crippen LogP contribution in [0.3, 0.4) is 0 Å². The Hall–Kier alpha value is -2.89. The van der Waals surface area contributed by atoms with E-state index in [0.717, 1.165) is 0 Å². The standard InChI is InChI=1S/C18H35N7O5/c1-9(2)8-13(25-14(26)10(3)19)16(28)24-12(6-5-7-22-18(20)21)15(27)23-11(4)17(29)30/h9-13H,5-8,19H2,1-4H3,(H,23,27)(H,24,28)(H,25,26)(H,29,30)(H4,20,21,22). The average molecular weight is 430 g/mol. The lowest BCUT2D eigenvalue weighted by atomic mass is 10.0. The molecule has 0 aliphatic carbocycles. The molecule has 3 amide bonds. The number of guanidine groups is 1. The van der Waals surface area contributed by atoms with Crippen molar-refractivity contribution < 1.29 is 24.3 Å². The first-order valence-corrected chi connectivity index (χ1v) is 9.80. The molecule has 0 radical (unpaired) electrons.